The second-order valence-electron chi connectivity index (χ2n) is 7.30. The fraction of sp³-hybridized carbons (Fsp3) is 0.304. The number of rotatable bonds is 5. The van der Waals surface area contributed by atoms with E-state index < -0.39 is 0 Å². The van der Waals surface area contributed by atoms with Crippen LogP contribution in [0, 0.1) is 0 Å². The number of nitrogens with zero attached hydrogens (tertiary/aromatic N) is 4. The highest BCUT2D eigenvalue weighted by atomic mass is 16.2. The van der Waals surface area contributed by atoms with E-state index in [1.165, 1.54) is 11.1 Å². The fourth-order valence-electron chi connectivity index (χ4n) is 3.66. The average Bonchev–Trinajstić information content (AvgIpc) is 3.08. The number of aromatic nitrogens is 2. The van der Waals surface area contributed by atoms with Gasteiger partial charge in [0.05, 0.1) is 17.6 Å². The number of hydrogen-bond acceptors (Lipinski definition) is 3. The van der Waals surface area contributed by atoms with E-state index in [1.54, 1.807) is 4.90 Å². The van der Waals surface area contributed by atoms with Crippen molar-refractivity contribution in [1.29, 1.82) is 0 Å². The number of hydrogen-bond donors (Lipinski definition) is 0. The summed E-state index contributed by atoms with van der Waals surface area (Å²) < 4.78 is 2.23. The van der Waals surface area contributed by atoms with Crippen molar-refractivity contribution >= 4 is 29.1 Å². The third-order valence-electron chi connectivity index (χ3n) is 5.35. The smallest absolute Gasteiger partial charge is 0.236 e. The lowest BCUT2D eigenvalue weighted by Crippen LogP contribution is -2.47. The molecule has 0 unspecified atom stereocenters. The molecule has 0 spiro atoms. The molecule has 0 saturated carbocycles. The number of benzene rings is 2. The van der Waals surface area contributed by atoms with Crippen LogP contribution in [0.15, 0.2) is 48.5 Å². The standard InChI is InChI=1S/C23H26N4O/c1-3-27-21-7-5-4-6-20(21)24-22(27)13-12-18-8-10-19(11-9-18)16-26-15-14-25(2)23(28)17-26/h4-13H,3,14-17H2,1-2H3/b13-12+. The van der Waals surface area contributed by atoms with Crippen LogP contribution >= 0.6 is 0 Å². The largest absolute Gasteiger partial charge is 0.343 e. The normalized spacial score (nSPS) is 15.8. The minimum atomic E-state index is 0.199. The van der Waals surface area contributed by atoms with Crippen molar-refractivity contribution in [3.05, 3.63) is 65.5 Å². The van der Waals surface area contributed by atoms with E-state index in [2.05, 4.69) is 71.0 Å². The number of carbonyl (C=O) groups is 1. The van der Waals surface area contributed by atoms with Crippen LogP contribution in [0.1, 0.15) is 23.9 Å². The van der Waals surface area contributed by atoms with Crippen LogP contribution in [0.4, 0.5) is 0 Å². The molecule has 5 nitrogen and oxygen atoms in total. The lowest BCUT2D eigenvalue weighted by atomic mass is 10.1. The van der Waals surface area contributed by atoms with E-state index in [4.69, 9.17) is 4.98 Å². The van der Waals surface area contributed by atoms with Gasteiger partial charge >= 0.3 is 0 Å². The molecule has 0 N–H and O–H groups in total. The highest BCUT2D eigenvalue weighted by Gasteiger charge is 2.20. The van der Waals surface area contributed by atoms with Gasteiger partial charge in [-0.3, -0.25) is 9.69 Å². The Morgan fingerprint density at radius 1 is 1.04 bits per heavy atom. The van der Waals surface area contributed by atoms with Gasteiger partial charge in [-0.1, -0.05) is 42.5 Å². The number of para-hydroxylation sites is 2. The van der Waals surface area contributed by atoms with Gasteiger partial charge in [0.15, 0.2) is 0 Å². The number of carbonyl (C=O) groups excluding carboxylic acids is 1. The second kappa shape index (κ2) is 7.98. The van der Waals surface area contributed by atoms with E-state index >= 15 is 0 Å². The zero-order chi connectivity index (χ0) is 19.5. The molecule has 2 heterocycles. The Balaban J connectivity index is 1.45. The molecule has 5 heteroatoms. The molecule has 4 rings (SSSR count). The summed E-state index contributed by atoms with van der Waals surface area (Å²) >= 11 is 0. The van der Waals surface area contributed by atoms with Crippen LogP contribution in [0.3, 0.4) is 0 Å². The van der Waals surface area contributed by atoms with Gasteiger partial charge in [-0.15, -0.1) is 0 Å². The lowest BCUT2D eigenvalue weighted by molar-refractivity contribution is -0.134. The maximum absolute atomic E-state index is 11.9. The average molecular weight is 374 g/mol. The highest BCUT2D eigenvalue weighted by Crippen LogP contribution is 2.18. The Labute approximate surface area is 165 Å². The topological polar surface area (TPSA) is 41.4 Å². The first kappa shape index (κ1) is 18.4. The SMILES string of the molecule is CCn1c(/C=C/c2ccc(CN3CCN(C)C(=O)C3)cc2)nc2ccccc21. The number of fused-ring (bicyclic) bond motifs is 1. The number of piperazine rings is 1. The summed E-state index contributed by atoms with van der Waals surface area (Å²) in [6.07, 6.45) is 4.19. The number of likely N-dealkylation sites (N-methyl/N-ethyl adjacent to an activating group) is 1. The summed E-state index contributed by atoms with van der Waals surface area (Å²) in [6.45, 7) is 6.09. The molecule has 2 aromatic carbocycles. The first-order valence-electron chi connectivity index (χ1n) is 9.82. The van der Waals surface area contributed by atoms with Crippen LogP contribution in [0.5, 0.6) is 0 Å². The molecule has 0 atom stereocenters. The van der Waals surface area contributed by atoms with Gasteiger partial charge in [0.25, 0.3) is 0 Å². The molecule has 3 aromatic rings. The van der Waals surface area contributed by atoms with Gasteiger partial charge in [-0.05, 0) is 36.3 Å². The molecule has 28 heavy (non-hydrogen) atoms. The zero-order valence-corrected chi connectivity index (χ0v) is 16.5. The Morgan fingerprint density at radius 3 is 2.57 bits per heavy atom. The minimum absolute atomic E-state index is 0.199. The van der Waals surface area contributed by atoms with Gasteiger partial charge in [0.2, 0.25) is 5.91 Å². The predicted molar refractivity (Wildman–Crippen MR) is 114 cm³/mol. The fourth-order valence-corrected chi connectivity index (χ4v) is 3.66. The number of amides is 1. The summed E-state index contributed by atoms with van der Waals surface area (Å²) in [5.41, 5.74) is 4.58. The zero-order valence-electron chi connectivity index (χ0n) is 16.5. The lowest BCUT2D eigenvalue weighted by Gasteiger charge is -2.31. The van der Waals surface area contributed by atoms with E-state index in [-0.39, 0.29) is 5.91 Å². The molecule has 1 amide bonds. The van der Waals surface area contributed by atoms with Crippen molar-refractivity contribution in [3.8, 4) is 0 Å². The van der Waals surface area contributed by atoms with Gasteiger partial charge in [0, 0.05) is 33.2 Å². The van der Waals surface area contributed by atoms with E-state index in [0.717, 1.165) is 43.1 Å². The van der Waals surface area contributed by atoms with Crippen molar-refractivity contribution in [2.75, 3.05) is 26.7 Å². The van der Waals surface area contributed by atoms with Gasteiger partial charge in [-0.25, -0.2) is 4.98 Å². The third kappa shape index (κ3) is 3.85. The quantitative estimate of drug-likeness (QED) is 0.686. The third-order valence-corrected chi connectivity index (χ3v) is 5.35. The van der Waals surface area contributed by atoms with Crippen molar-refractivity contribution in [1.82, 2.24) is 19.4 Å². The van der Waals surface area contributed by atoms with Crippen LogP contribution in [0.25, 0.3) is 23.2 Å². The monoisotopic (exact) mass is 374 g/mol. The van der Waals surface area contributed by atoms with Crippen LogP contribution < -0.4 is 0 Å². The Kier molecular flexibility index (Phi) is 5.26. The number of imidazole rings is 1. The first-order valence-corrected chi connectivity index (χ1v) is 9.82. The molecule has 1 fully saturated rings. The predicted octanol–water partition coefficient (Wildman–Crippen LogP) is 3.50. The molecule has 0 bridgehead atoms. The van der Waals surface area contributed by atoms with E-state index in [1.807, 2.05) is 13.1 Å². The minimum Gasteiger partial charge on any atom is -0.343 e. The van der Waals surface area contributed by atoms with Gasteiger partial charge in [-0.2, -0.15) is 0 Å². The summed E-state index contributed by atoms with van der Waals surface area (Å²) in [5.74, 6) is 1.17. The van der Waals surface area contributed by atoms with Gasteiger partial charge in [0.1, 0.15) is 5.82 Å². The summed E-state index contributed by atoms with van der Waals surface area (Å²) in [5, 5.41) is 0. The summed E-state index contributed by atoms with van der Waals surface area (Å²) in [6, 6.07) is 16.8. The maximum Gasteiger partial charge on any atom is 0.236 e. The molecule has 0 aliphatic carbocycles. The van der Waals surface area contributed by atoms with Gasteiger partial charge < -0.3 is 9.47 Å². The molecule has 1 aromatic heterocycles. The second-order valence-corrected chi connectivity index (χ2v) is 7.30. The molecular formula is C23H26N4O. The van der Waals surface area contributed by atoms with Crippen molar-refractivity contribution in [3.63, 3.8) is 0 Å². The van der Waals surface area contributed by atoms with Crippen molar-refractivity contribution in [2.45, 2.75) is 20.0 Å². The van der Waals surface area contributed by atoms with Crippen molar-refractivity contribution in [2.24, 2.45) is 0 Å². The molecule has 144 valence electrons. The molecule has 1 aliphatic rings. The van der Waals surface area contributed by atoms with Crippen LogP contribution in [0.2, 0.25) is 0 Å². The van der Waals surface area contributed by atoms with Crippen molar-refractivity contribution < 1.29 is 4.79 Å². The van der Waals surface area contributed by atoms with Crippen LogP contribution in [-0.2, 0) is 17.9 Å². The molecule has 0 radical (unpaired) electrons. The Morgan fingerprint density at radius 2 is 1.82 bits per heavy atom. The van der Waals surface area contributed by atoms with Crippen LogP contribution in [-0.4, -0.2) is 51.9 Å². The highest BCUT2D eigenvalue weighted by molar-refractivity contribution is 5.80. The molecule has 1 aliphatic heterocycles. The molecule has 1 saturated heterocycles. The molecular weight excluding hydrogens is 348 g/mol. The Hall–Kier alpha value is -2.92. The summed E-state index contributed by atoms with van der Waals surface area (Å²) in [7, 11) is 1.87. The van der Waals surface area contributed by atoms with E-state index in [0.29, 0.717) is 6.54 Å². The number of aryl methyl sites for hydroxylation is 1. The first-order chi connectivity index (χ1) is 13.6. The Bertz CT molecular complexity index is 1000. The van der Waals surface area contributed by atoms with E-state index in [9.17, 15) is 4.79 Å². The summed E-state index contributed by atoms with van der Waals surface area (Å²) in [4.78, 5) is 20.6. The maximum atomic E-state index is 11.9.